The van der Waals surface area contributed by atoms with Crippen molar-refractivity contribution in [1.29, 1.82) is 0 Å². The van der Waals surface area contributed by atoms with Gasteiger partial charge in [0, 0.05) is 6.20 Å². The van der Waals surface area contributed by atoms with Gasteiger partial charge >= 0.3 is 0 Å². The highest BCUT2D eigenvalue weighted by Gasteiger charge is 1.97. The summed E-state index contributed by atoms with van der Waals surface area (Å²) in [4.78, 5) is 4.10. The predicted octanol–water partition coefficient (Wildman–Crippen LogP) is 3.72. The van der Waals surface area contributed by atoms with Crippen molar-refractivity contribution in [3.63, 3.8) is 0 Å². The summed E-state index contributed by atoms with van der Waals surface area (Å²) < 4.78 is 5.65. The molecule has 0 spiro atoms. The maximum atomic E-state index is 5.65. The fourth-order valence-electron chi connectivity index (χ4n) is 1.34. The number of benzene rings is 1. The molecule has 0 fully saturated rings. The number of pyridine rings is 1. The van der Waals surface area contributed by atoms with E-state index in [1.165, 1.54) is 0 Å². The van der Waals surface area contributed by atoms with Crippen LogP contribution in [0.3, 0.4) is 0 Å². The second-order valence-electron chi connectivity index (χ2n) is 3.27. The van der Waals surface area contributed by atoms with Gasteiger partial charge in [0.15, 0.2) is 0 Å². The average Bonchev–Trinajstić information content (AvgIpc) is 2.31. The van der Waals surface area contributed by atoms with Crippen LogP contribution in [0.2, 0.25) is 0 Å². The lowest BCUT2D eigenvalue weighted by molar-refractivity contribution is 0.480. The van der Waals surface area contributed by atoms with E-state index in [-0.39, 0.29) is 0 Å². The zero-order valence-electron chi connectivity index (χ0n) is 8.84. The molecule has 0 bridgehead atoms. The molecule has 1 aromatic heterocycles. The van der Waals surface area contributed by atoms with Gasteiger partial charge in [-0.25, -0.2) is 0 Å². The third-order valence-corrected chi connectivity index (χ3v) is 2.02. The topological polar surface area (TPSA) is 22.1 Å². The van der Waals surface area contributed by atoms with Crippen molar-refractivity contribution in [3.05, 3.63) is 67.4 Å². The Hall–Kier alpha value is -2.09. The molecule has 0 atom stereocenters. The molecule has 0 unspecified atom stereocenters. The largest absolute Gasteiger partial charge is 0.456 e. The van der Waals surface area contributed by atoms with Crippen LogP contribution in [0.25, 0.3) is 6.08 Å². The minimum absolute atomic E-state index is 0.724. The summed E-state index contributed by atoms with van der Waals surface area (Å²) in [6, 6.07) is 11.5. The van der Waals surface area contributed by atoms with Crippen molar-refractivity contribution in [2.24, 2.45) is 0 Å². The number of hydrogen-bond acceptors (Lipinski definition) is 2. The number of nitrogens with zero attached hydrogens (tertiary/aromatic N) is 1. The van der Waals surface area contributed by atoms with Gasteiger partial charge in [-0.1, -0.05) is 30.4 Å². The van der Waals surface area contributed by atoms with Gasteiger partial charge < -0.3 is 4.74 Å². The highest BCUT2D eigenvalue weighted by atomic mass is 16.5. The van der Waals surface area contributed by atoms with Gasteiger partial charge in [0.2, 0.25) is 0 Å². The minimum Gasteiger partial charge on any atom is -0.456 e. The van der Waals surface area contributed by atoms with Crippen molar-refractivity contribution in [3.8, 4) is 11.5 Å². The highest BCUT2D eigenvalue weighted by molar-refractivity contribution is 5.50. The van der Waals surface area contributed by atoms with Crippen molar-refractivity contribution in [2.75, 3.05) is 0 Å². The molecule has 0 saturated carbocycles. The maximum absolute atomic E-state index is 5.65. The first kappa shape index (κ1) is 10.4. The SMILES string of the molecule is [CH2]/C=C/c1cncc(Oc2ccccc2)c1. The number of aromatic nitrogens is 1. The van der Waals surface area contributed by atoms with Gasteiger partial charge in [0.05, 0.1) is 6.20 Å². The second kappa shape index (κ2) is 5.12. The standard InChI is InChI=1S/C14H12NO/c1-2-6-12-9-14(11-15-10-12)16-13-7-4-3-5-8-13/h2-11H,1H2/b6-2+. The van der Waals surface area contributed by atoms with Crippen molar-refractivity contribution < 1.29 is 4.74 Å². The lowest BCUT2D eigenvalue weighted by atomic mass is 10.2. The number of hydrogen-bond donors (Lipinski definition) is 0. The van der Waals surface area contributed by atoms with E-state index in [1.54, 1.807) is 18.5 Å². The smallest absolute Gasteiger partial charge is 0.146 e. The van der Waals surface area contributed by atoms with Crippen LogP contribution in [0.1, 0.15) is 5.56 Å². The van der Waals surface area contributed by atoms with Crippen LogP contribution in [0, 0.1) is 6.92 Å². The molecule has 1 radical (unpaired) electrons. The molecule has 2 nitrogen and oxygen atoms in total. The minimum atomic E-state index is 0.724. The molecule has 79 valence electrons. The second-order valence-corrected chi connectivity index (χ2v) is 3.27. The van der Waals surface area contributed by atoms with Gasteiger partial charge in [-0.3, -0.25) is 4.98 Å². The molecule has 0 aliphatic carbocycles. The molecular weight excluding hydrogens is 198 g/mol. The lowest BCUT2D eigenvalue weighted by Crippen LogP contribution is -1.85. The van der Waals surface area contributed by atoms with Crippen LogP contribution in [0.4, 0.5) is 0 Å². The van der Waals surface area contributed by atoms with Crippen molar-refractivity contribution >= 4 is 6.08 Å². The monoisotopic (exact) mass is 210 g/mol. The molecule has 0 aliphatic rings. The van der Waals surface area contributed by atoms with E-state index in [2.05, 4.69) is 11.9 Å². The summed E-state index contributed by atoms with van der Waals surface area (Å²) in [6.07, 6.45) is 7.06. The van der Waals surface area contributed by atoms with E-state index in [0.29, 0.717) is 0 Å². The molecule has 2 aromatic rings. The Morgan fingerprint density at radius 2 is 1.88 bits per heavy atom. The normalized spacial score (nSPS) is 10.6. The van der Waals surface area contributed by atoms with E-state index in [9.17, 15) is 0 Å². The van der Waals surface area contributed by atoms with E-state index < -0.39 is 0 Å². The predicted molar refractivity (Wildman–Crippen MR) is 65.1 cm³/mol. The van der Waals surface area contributed by atoms with Crippen LogP contribution in [0.15, 0.2) is 54.9 Å². The van der Waals surface area contributed by atoms with Crippen LogP contribution >= 0.6 is 0 Å². The fourth-order valence-corrected chi connectivity index (χ4v) is 1.34. The van der Waals surface area contributed by atoms with Gasteiger partial charge in [-0.2, -0.15) is 0 Å². The van der Waals surface area contributed by atoms with E-state index in [4.69, 9.17) is 4.74 Å². The van der Waals surface area contributed by atoms with Crippen LogP contribution in [-0.4, -0.2) is 4.98 Å². The van der Waals surface area contributed by atoms with E-state index in [0.717, 1.165) is 17.1 Å². The van der Waals surface area contributed by atoms with E-state index >= 15 is 0 Å². The number of rotatable bonds is 3. The summed E-state index contributed by atoms with van der Waals surface area (Å²) in [5.74, 6) is 1.53. The molecule has 0 saturated heterocycles. The molecule has 16 heavy (non-hydrogen) atoms. The fraction of sp³-hybridized carbons (Fsp3) is 0. The molecule has 2 heteroatoms. The van der Waals surface area contributed by atoms with Gasteiger partial charge in [0.25, 0.3) is 0 Å². The third kappa shape index (κ3) is 2.70. The first-order chi connectivity index (χ1) is 7.88. The number of allylic oxidation sites excluding steroid dienone is 1. The Morgan fingerprint density at radius 3 is 2.62 bits per heavy atom. The Balaban J connectivity index is 2.19. The van der Waals surface area contributed by atoms with Gasteiger partial charge in [-0.05, 0) is 30.7 Å². The first-order valence-corrected chi connectivity index (χ1v) is 5.02. The molecule has 0 N–H and O–H groups in total. The van der Waals surface area contributed by atoms with Gasteiger partial charge in [0.1, 0.15) is 11.5 Å². The van der Waals surface area contributed by atoms with Crippen LogP contribution < -0.4 is 4.74 Å². The third-order valence-electron chi connectivity index (χ3n) is 2.02. The Morgan fingerprint density at radius 1 is 1.06 bits per heavy atom. The Bertz CT molecular complexity index is 477. The average molecular weight is 210 g/mol. The molecule has 2 rings (SSSR count). The van der Waals surface area contributed by atoms with Crippen molar-refractivity contribution in [1.82, 2.24) is 4.98 Å². The molecular formula is C14H12NO. The molecule has 1 heterocycles. The molecule has 0 amide bonds. The quantitative estimate of drug-likeness (QED) is 0.770. The number of ether oxygens (including phenoxy) is 1. The zero-order valence-corrected chi connectivity index (χ0v) is 8.84. The summed E-state index contributed by atoms with van der Waals surface area (Å²) in [6.45, 7) is 3.65. The first-order valence-electron chi connectivity index (χ1n) is 5.02. The zero-order chi connectivity index (χ0) is 11.2. The Labute approximate surface area is 95.2 Å². The molecule has 1 aromatic carbocycles. The Kier molecular flexibility index (Phi) is 3.34. The summed E-state index contributed by atoms with van der Waals surface area (Å²) >= 11 is 0. The summed E-state index contributed by atoms with van der Waals surface area (Å²) in [7, 11) is 0. The maximum Gasteiger partial charge on any atom is 0.146 e. The van der Waals surface area contributed by atoms with Crippen LogP contribution in [-0.2, 0) is 0 Å². The van der Waals surface area contributed by atoms with Crippen molar-refractivity contribution in [2.45, 2.75) is 0 Å². The molecule has 0 aliphatic heterocycles. The summed E-state index contributed by atoms with van der Waals surface area (Å²) in [5, 5.41) is 0. The summed E-state index contributed by atoms with van der Waals surface area (Å²) in [5.41, 5.74) is 0.975. The lowest BCUT2D eigenvalue weighted by Gasteiger charge is -2.05. The highest BCUT2D eigenvalue weighted by Crippen LogP contribution is 2.20. The van der Waals surface area contributed by atoms with Crippen LogP contribution in [0.5, 0.6) is 11.5 Å². The van der Waals surface area contributed by atoms with Gasteiger partial charge in [-0.15, -0.1) is 0 Å². The van der Waals surface area contributed by atoms with E-state index in [1.807, 2.05) is 42.5 Å². The number of para-hydroxylation sites is 1.